The maximum absolute atomic E-state index is 4.42. The summed E-state index contributed by atoms with van der Waals surface area (Å²) >= 11 is 3.43. The summed E-state index contributed by atoms with van der Waals surface area (Å²) in [6.45, 7) is 8.52. The van der Waals surface area contributed by atoms with E-state index in [2.05, 4.69) is 36.1 Å². The summed E-state index contributed by atoms with van der Waals surface area (Å²) in [5, 5.41) is 3.11. The third kappa shape index (κ3) is 5.02. The number of aromatic nitrogens is 2. The fraction of sp³-hybridized carbons (Fsp3) is 0.500. The van der Waals surface area contributed by atoms with Gasteiger partial charge in [0, 0.05) is 6.20 Å². The van der Waals surface area contributed by atoms with E-state index in [4.69, 9.17) is 0 Å². The van der Waals surface area contributed by atoms with Gasteiger partial charge in [-0.3, -0.25) is 0 Å². The van der Waals surface area contributed by atoms with Crippen molar-refractivity contribution >= 4 is 33.4 Å². The molecule has 3 nitrogen and oxygen atoms in total. The molecule has 2 aromatic heterocycles. The lowest BCUT2D eigenvalue weighted by molar-refractivity contribution is 0.762. The fourth-order valence-corrected chi connectivity index (χ4v) is 3.06. The molecule has 0 saturated heterocycles. The Morgan fingerprint density at radius 2 is 2.06 bits per heavy atom. The van der Waals surface area contributed by atoms with Crippen LogP contribution in [-0.4, -0.2) is 28.8 Å². The summed E-state index contributed by atoms with van der Waals surface area (Å²) in [5.74, 6) is 1.07. The van der Waals surface area contributed by atoms with E-state index in [1.165, 1.54) is 0 Å². The molecule has 1 N–H and O–H groups in total. The highest BCUT2D eigenvalue weighted by atomic mass is 32.2. The molecule has 0 bridgehead atoms. The van der Waals surface area contributed by atoms with Gasteiger partial charge in [-0.2, -0.15) is 0 Å². The van der Waals surface area contributed by atoms with Gasteiger partial charge in [-0.05, 0) is 31.0 Å². The van der Waals surface area contributed by atoms with Gasteiger partial charge in [-0.1, -0.05) is 43.9 Å². The first-order chi connectivity index (χ1) is 8.31. The SMILES string of the molecule is CCNCC.CCSc1nc2cccnc2s1. The molecule has 17 heavy (non-hydrogen) atoms. The van der Waals surface area contributed by atoms with Gasteiger partial charge in [0.15, 0.2) is 4.34 Å². The minimum absolute atomic E-state index is 1.01. The molecular formula is C12H19N3S2. The Balaban J connectivity index is 0.000000249. The first kappa shape index (κ1) is 14.4. The van der Waals surface area contributed by atoms with Crippen LogP contribution in [0, 0.1) is 0 Å². The van der Waals surface area contributed by atoms with Crippen LogP contribution < -0.4 is 5.32 Å². The molecule has 0 spiro atoms. The van der Waals surface area contributed by atoms with Crippen molar-refractivity contribution in [3.05, 3.63) is 18.3 Å². The lowest BCUT2D eigenvalue weighted by atomic mass is 10.5. The highest BCUT2D eigenvalue weighted by Gasteiger charge is 2.02. The molecule has 2 rings (SSSR count). The van der Waals surface area contributed by atoms with Crippen LogP contribution in [0.25, 0.3) is 10.3 Å². The predicted octanol–water partition coefficient (Wildman–Crippen LogP) is 3.42. The van der Waals surface area contributed by atoms with Crippen molar-refractivity contribution in [2.75, 3.05) is 18.8 Å². The summed E-state index contributed by atoms with van der Waals surface area (Å²) in [7, 11) is 0. The molecular weight excluding hydrogens is 250 g/mol. The maximum Gasteiger partial charge on any atom is 0.152 e. The predicted molar refractivity (Wildman–Crippen MR) is 78.0 cm³/mol. The van der Waals surface area contributed by atoms with Crippen LogP contribution in [0.3, 0.4) is 0 Å². The molecule has 0 fully saturated rings. The van der Waals surface area contributed by atoms with Gasteiger partial charge in [0.05, 0.1) is 0 Å². The number of hydrogen-bond acceptors (Lipinski definition) is 5. The molecule has 0 amide bonds. The topological polar surface area (TPSA) is 37.8 Å². The van der Waals surface area contributed by atoms with Crippen molar-refractivity contribution in [2.24, 2.45) is 0 Å². The average Bonchev–Trinajstić information content (AvgIpc) is 2.73. The zero-order chi connectivity index (χ0) is 12.5. The quantitative estimate of drug-likeness (QED) is 0.863. The minimum atomic E-state index is 1.01. The van der Waals surface area contributed by atoms with Gasteiger partial charge in [-0.25, -0.2) is 9.97 Å². The van der Waals surface area contributed by atoms with Crippen molar-refractivity contribution in [1.29, 1.82) is 0 Å². The first-order valence-electron chi connectivity index (χ1n) is 5.86. The van der Waals surface area contributed by atoms with Crippen LogP contribution in [0.1, 0.15) is 20.8 Å². The lowest BCUT2D eigenvalue weighted by Gasteiger charge is -1.86. The maximum atomic E-state index is 4.42. The first-order valence-corrected chi connectivity index (χ1v) is 7.67. The van der Waals surface area contributed by atoms with Gasteiger partial charge in [-0.15, -0.1) is 0 Å². The Hall–Kier alpha value is -0.650. The van der Waals surface area contributed by atoms with Gasteiger partial charge in [0.25, 0.3) is 0 Å². The Labute approximate surface area is 111 Å². The number of hydrogen-bond donors (Lipinski definition) is 1. The van der Waals surface area contributed by atoms with E-state index < -0.39 is 0 Å². The van der Waals surface area contributed by atoms with E-state index in [1.54, 1.807) is 29.3 Å². The van der Waals surface area contributed by atoms with Crippen molar-refractivity contribution in [2.45, 2.75) is 25.1 Å². The monoisotopic (exact) mass is 269 g/mol. The molecule has 0 radical (unpaired) electrons. The van der Waals surface area contributed by atoms with Crippen molar-refractivity contribution in [3.8, 4) is 0 Å². The summed E-state index contributed by atoms with van der Waals surface area (Å²) < 4.78 is 1.12. The fourth-order valence-electron chi connectivity index (χ4n) is 1.19. The summed E-state index contributed by atoms with van der Waals surface area (Å²) in [4.78, 5) is 9.68. The molecule has 0 unspecified atom stereocenters. The Morgan fingerprint density at radius 3 is 2.59 bits per heavy atom. The van der Waals surface area contributed by atoms with Crippen LogP contribution in [0.2, 0.25) is 0 Å². The average molecular weight is 269 g/mol. The van der Waals surface area contributed by atoms with Crippen molar-refractivity contribution in [1.82, 2.24) is 15.3 Å². The Bertz CT molecular complexity index is 393. The van der Waals surface area contributed by atoms with E-state index in [9.17, 15) is 0 Å². The lowest BCUT2D eigenvalue weighted by Crippen LogP contribution is -2.09. The molecule has 2 heterocycles. The molecule has 2 aromatic rings. The number of thiazole rings is 1. The second kappa shape index (κ2) is 8.44. The molecule has 0 aliphatic heterocycles. The van der Waals surface area contributed by atoms with Gasteiger partial charge in [0.2, 0.25) is 0 Å². The highest BCUT2D eigenvalue weighted by Crippen LogP contribution is 2.27. The standard InChI is InChI=1S/C8H8N2S2.C4H11N/c1-2-11-8-10-6-4-3-5-9-7(6)12-8;1-3-5-4-2/h3-5H,2H2,1H3;5H,3-4H2,1-2H3. The van der Waals surface area contributed by atoms with Crippen LogP contribution in [0.5, 0.6) is 0 Å². The van der Waals surface area contributed by atoms with E-state index in [0.29, 0.717) is 0 Å². The molecule has 0 atom stereocenters. The minimum Gasteiger partial charge on any atom is -0.317 e. The normalized spacial score (nSPS) is 10.1. The van der Waals surface area contributed by atoms with Crippen LogP contribution in [-0.2, 0) is 0 Å². The Kier molecular flexibility index (Phi) is 7.16. The summed E-state index contributed by atoms with van der Waals surface area (Å²) in [6.07, 6.45) is 1.81. The van der Waals surface area contributed by atoms with Gasteiger partial charge < -0.3 is 5.32 Å². The van der Waals surface area contributed by atoms with Crippen molar-refractivity contribution < 1.29 is 0 Å². The van der Waals surface area contributed by atoms with E-state index in [0.717, 1.165) is 33.5 Å². The summed E-state index contributed by atoms with van der Waals surface area (Å²) in [6, 6.07) is 3.92. The smallest absolute Gasteiger partial charge is 0.152 e. The van der Waals surface area contributed by atoms with Gasteiger partial charge in [0.1, 0.15) is 10.3 Å². The molecule has 0 saturated carbocycles. The largest absolute Gasteiger partial charge is 0.317 e. The van der Waals surface area contributed by atoms with Crippen LogP contribution in [0.4, 0.5) is 0 Å². The molecule has 5 heteroatoms. The zero-order valence-corrected chi connectivity index (χ0v) is 12.2. The molecule has 0 aliphatic rings. The van der Waals surface area contributed by atoms with E-state index in [1.807, 2.05) is 12.1 Å². The van der Waals surface area contributed by atoms with Crippen LogP contribution in [0.15, 0.2) is 22.7 Å². The molecule has 0 aromatic carbocycles. The molecule has 94 valence electrons. The van der Waals surface area contributed by atoms with Crippen LogP contribution >= 0.6 is 23.1 Å². The number of pyridine rings is 1. The molecule has 0 aliphatic carbocycles. The number of thioether (sulfide) groups is 1. The van der Waals surface area contributed by atoms with Crippen molar-refractivity contribution in [3.63, 3.8) is 0 Å². The number of rotatable bonds is 4. The third-order valence-corrected chi connectivity index (χ3v) is 3.92. The van der Waals surface area contributed by atoms with Gasteiger partial charge >= 0.3 is 0 Å². The zero-order valence-electron chi connectivity index (χ0n) is 10.6. The van der Waals surface area contributed by atoms with E-state index >= 15 is 0 Å². The highest BCUT2D eigenvalue weighted by molar-refractivity contribution is 8.01. The second-order valence-electron chi connectivity index (χ2n) is 3.20. The van der Waals surface area contributed by atoms with E-state index in [-0.39, 0.29) is 0 Å². The third-order valence-electron chi connectivity index (χ3n) is 1.91. The second-order valence-corrected chi connectivity index (χ2v) is 5.69. The number of nitrogens with one attached hydrogen (secondary N) is 1. The number of fused-ring (bicyclic) bond motifs is 1. The Morgan fingerprint density at radius 1 is 1.29 bits per heavy atom. The summed E-state index contributed by atoms with van der Waals surface area (Å²) in [5.41, 5.74) is 1.01. The number of nitrogens with zero attached hydrogens (tertiary/aromatic N) is 2.